The Labute approximate surface area is 91.9 Å². The van der Waals surface area contributed by atoms with Crippen LogP contribution in [0.2, 0.25) is 0 Å². The molecule has 0 rings (SSSR count). The van der Waals surface area contributed by atoms with Crippen molar-refractivity contribution in [1.82, 2.24) is 0 Å². The number of hydrogen-bond acceptors (Lipinski definition) is 4. The Morgan fingerprint density at radius 3 is 2.13 bits per heavy atom. The predicted molar refractivity (Wildman–Crippen MR) is 59.4 cm³/mol. The molecule has 1 unspecified atom stereocenters. The summed E-state index contributed by atoms with van der Waals surface area (Å²) in [6.07, 6.45) is 0.509. The molecule has 0 bridgehead atoms. The molecule has 0 aromatic rings. The van der Waals surface area contributed by atoms with Crippen molar-refractivity contribution in [3.63, 3.8) is 0 Å². The van der Waals surface area contributed by atoms with E-state index in [0.29, 0.717) is 6.42 Å². The van der Waals surface area contributed by atoms with Crippen molar-refractivity contribution < 1.29 is 17.9 Å². The standard InChI is InChI=1S/C10H20O4S/c1-6-7-15(12,13)8(2)9(11)14-10(3,4)5/h8H,6-7H2,1-5H3. The highest BCUT2D eigenvalue weighted by molar-refractivity contribution is 7.92. The summed E-state index contributed by atoms with van der Waals surface area (Å²) < 4.78 is 28.1. The highest BCUT2D eigenvalue weighted by Gasteiger charge is 2.31. The van der Waals surface area contributed by atoms with E-state index in [4.69, 9.17) is 4.74 Å². The van der Waals surface area contributed by atoms with Crippen molar-refractivity contribution in [1.29, 1.82) is 0 Å². The molecular weight excluding hydrogens is 216 g/mol. The van der Waals surface area contributed by atoms with Crippen molar-refractivity contribution in [3.05, 3.63) is 0 Å². The fourth-order valence-corrected chi connectivity index (χ4v) is 2.26. The largest absolute Gasteiger partial charge is 0.459 e. The lowest BCUT2D eigenvalue weighted by atomic mass is 10.2. The van der Waals surface area contributed by atoms with E-state index in [1.54, 1.807) is 27.7 Å². The Balaban J connectivity index is 4.59. The minimum absolute atomic E-state index is 0.0212. The number of sulfone groups is 1. The minimum atomic E-state index is -3.36. The van der Waals surface area contributed by atoms with E-state index >= 15 is 0 Å². The summed E-state index contributed by atoms with van der Waals surface area (Å²) in [5.41, 5.74) is -0.646. The summed E-state index contributed by atoms with van der Waals surface area (Å²) in [5, 5.41) is -1.07. The van der Waals surface area contributed by atoms with Gasteiger partial charge in [0, 0.05) is 0 Å². The first kappa shape index (κ1) is 14.4. The average Bonchev–Trinajstić information content (AvgIpc) is 1.99. The first-order valence-corrected chi connectivity index (χ1v) is 6.76. The van der Waals surface area contributed by atoms with Crippen molar-refractivity contribution in [2.75, 3.05) is 5.75 Å². The molecule has 0 N–H and O–H groups in total. The molecule has 5 heteroatoms. The molecule has 0 fully saturated rings. The first-order valence-electron chi connectivity index (χ1n) is 5.04. The molecule has 0 amide bonds. The average molecular weight is 236 g/mol. The van der Waals surface area contributed by atoms with Crippen molar-refractivity contribution in [2.24, 2.45) is 0 Å². The second kappa shape index (κ2) is 4.96. The van der Waals surface area contributed by atoms with Gasteiger partial charge in [-0.2, -0.15) is 0 Å². The van der Waals surface area contributed by atoms with Crippen LogP contribution in [-0.4, -0.2) is 31.0 Å². The maximum Gasteiger partial charge on any atom is 0.324 e. The Kier molecular flexibility index (Phi) is 4.77. The van der Waals surface area contributed by atoms with Crippen LogP contribution >= 0.6 is 0 Å². The van der Waals surface area contributed by atoms with Crippen LogP contribution in [0.5, 0.6) is 0 Å². The third kappa shape index (κ3) is 5.16. The zero-order valence-corrected chi connectivity index (χ0v) is 10.8. The third-order valence-corrected chi connectivity index (χ3v) is 4.01. The fourth-order valence-electron chi connectivity index (χ4n) is 0.993. The first-order chi connectivity index (χ1) is 6.60. The molecule has 0 saturated heterocycles. The van der Waals surface area contributed by atoms with E-state index in [-0.39, 0.29) is 5.75 Å². The SMILES string of the molecule is CCCS(=O)(=O)C(C)C(=O)OC(C)(C)C. The van der Waals surface area contributed by atoms with Crippen LogP contribution in [0, 0.1) is 0 Å². The van der Waals surface area contributed by atoms with Gasteiger partial charge in [-0.25, -0.2) is 8.42 Å². The van der Waals surface area contributed by atoms with Gasteiger partial charge in [-0.3, -0.25) is 4.79 Å². The van der Waals surface area contributed by atoms with E-state index in [2.05, 4.69) is 0 Å². The molecule has 0 radical (unpaired) electrons. The van der Waals surface area contributed by atoms with Gasteiger partial charge in [0.05, 0.1) is 5.75 Å². The number of hydrogen-bond donors (Lipinski definition) is 0. The number of ether oxygens (including phenoxy) is 1. The number of carbonyl (C=O) groups is 1. The Morgan fingerprint density at radius 2 is 1.80 bits per heavy atom. The molecule has 0 saturated carbocycles. The van der Waals surface area contributed by atoms with E-state index < -0.39 is 26.7 Å². The molecule has 4 nitrogen and oxygen atoms in total. The lowest BCUT2D eigenvalue weighted by Crippen LogP contribution is -2.35. The van der Waals surface area contributed by atoms with Crippen molar-refractivity contribution >= 4 is 15.8 Å². The second-order valence-electron chi connectivity index (χ2n) is 4.54. The van der Waals surface area contributed by atoms with Crippen molar-refractivity contribution in [2.45, 2.75) is 51.9 Å². The molecule has 0 aromatic heterocycles. The van der Waals surface area contributed by atoms with Crippen LogP contribution in [0.3, 0.4) is 0 Å². The summed E-state index contributed by atoms with van der Waals surface area (Å²) in [5.74, 6) is -0.649. The molecule has 0 aromatic carbocycles. The van der Waals surface area contributed by atoms with Crippen LogP contribution in [0.1, 0.15) is 41.0 Å². The van der Waals surface area contributed by atoms with Crippen LogP contribution in [-0.2, 0) is 19.4 Å². The summed E-state index contributed by atoms with van der Waals surface area (Å²) in [6.45, 7) is 8.27. The second-order valence-corrected chi connectivity index (χ2v) is 6.98. The molecule has 0 aliphatic heterocycles. The van der Waals surface area contributed by atoms with Crippen LogP contribution in [0.15, 0.2) is 0 Å². The maximum absolute atomic E-state index is 11.6. The Bertz CT molecular complexity index is 311. The summed E-state index contributed by atoms with van der Waals surface area (Å²) in [4.78, 5) is 11.5. The van der Waals surface area contributed by atoms with Crippen LogP contribution in [0.25, 0.3) is 0 Å². The highest BCUT2D eigenvalue weighted by atomic mass is 32.2. The van der Waals surface area contributed by atoms with E-state index in [1.165, 1.54) is 6.92 Å². The topological polar surface area (TPSA) is 60.4 Å². The normalized spacial score (nSPS) is 14.7. The molecular formula is C10H20O4S. The lowest BCUT2D eigenvalue weighted by molar-refractivity contribution is -0.153. The molecule has 15 heavy (non-hydrogen) atoms. The van der Waals surface area contributed by atoms with E-state index in [1.807, 2.05) is 0 Å². The van der Waals surface area contributed by atoms with Crippen LogP contribution in [0.4, 0.5) is 0 Å². The lowest BCUT2D eigenvalue weighted by Gasteiger charge is -2.22. The molecule has 0 aliphatic rings. The van der Waals surface area contributed by atoms with Gasteiger partial charge in [0.1, 0.15) is 5.60 Å². The van der Waals surface area contributed by atoms with Gasteiger partial charge in [0.15, 0.2) is 15.1 Å². The van der Waals surface area contributed by atoms with Gasteiger partial charge in [-0.05, 0) is 34.1 Å². The number of carbonyl (C=O) groups excluding carboxylic acids is 1. The smallest absolute Gasteiger partial charge is 0.324 e. The maximum atomic E-state index is 11.6. The monoisotopic (exact) mass is 236 g/mol. The summed E-state index contributed by atoms with van der Waals surface area (Å²) in [7, 11) is -3.36. The summed E-state index contributed by atoms with van der Waals surface area (Å²) >= 11 is 0. The molecule has 0 spiro atoms. The zero-order valence-electron chi connectivity index (χ0n) is 10.0. The Morgan fingerprint density at radius 1 is 1.33 bits per heavy atom. The zero-order chi connectivity index (χ0) is 12.3. The third-order valence-electron chi connectivity index (χ3n) is 1.77. The number of esters is 1. The van der Waals surface area contributed by atoms with Gasteiger partial charge in [-0.1, -0.05) is 6.92 Å². The van der Waals surface area contributed by atoms with Gasteiger partial charge in [-0.15, -0.1) is 0 Å². The van der Waals surface area contributed by atoms with Gasteiger partial charge < -0.3 is 4.74 Å². The van der Waals surface area contributed by atoms with Gasteiger partial charge in [0.2, 0.25) is 0 Å². The molecule has 0 heterocycles. The van der Waals surface area contributed by atoms with E-state index in [0.717, 1.165) is 0 Å². The quantitative estimate of drug-likeness (QED) is 0.695. The molecule has 90 valence electrons. The predicted octanol–water partition coefficient (Wildman–Crippen LogP) is 1.54. The van der Waals surface area contributed by atoms with Gasteiger partial charge in [0.25, 0.3) is 0 Å². The highest BCUT2D eigenvalue weighted by Crippen LogP contribution is 2.13. The minimum Gasteiger partial charge on any atom is -0.459 e. The van der Waals surface area contributed by atoms with Gasteiger partial charge >= 0.3 is 5.97 Å². The number of rotatable bonds is 4. The van der Waals surface area contributed by atoms with E-state index in [9.17, 15) is 13.2 Å². The van der Waals surface area contributed by atoms with Crippen molar-refractivity contribution in [3.8, 4) is 0 Å². The van der Waals surface area contributed by atoms with Crippen LogP contribution < -0.4 is 0 Å². The summed E-state index contributed by atoms with van der Waals surface area (Å²) in [6, 6.07) is 0. The Hall–Kier alpha value is -0.580. The fraction of sp³-hybridized carbons (Fsp3) is 0.900. The molecule has 1 atom stereocenters. The molecule has 0 aliphatic carbocycles.